The van der Waals surface area contributed by atoms with Gasteiger partial charge < -0.3 is 10.2 Å². The first kappa shape index (κ1) is 18.9. The van der Waals surface area contributed by atoms with E-state index in [0.717, 1.165) is 22.5 Å². The van der Waals surface area contributed by atoms with Crippen molar-refractivity contribution >= 4 is 34.9 Å². The highest BCUT2D eigenvalue weighted by Gasteiger charge is 2.57. The molecule has 2 aliphatic rings. The summed E-state index contributed by atoms with van der Waals surface area (Å²) in [6.45, 7) is 4.76. The van der Waals surface area contributed by atoms with Gasteiger partial charge in [-0.25, -0.2) is 4.68 Å². The van der Waals surface area contributed by atoms with E-state index in [9.17, 15) is 9.59 Å². The minimum Gasteiger partial charge on any atom is -0.311 e. The lowest BCUT2D eigenvalue weighted by Gasteiger charge is -2.32. The van der Waals surface area contributed by atoms with E-state index in [1.54, 1.807) is 23.0 Å². The molecule has 3 heterocycles. The Morgan fingerprint density at radius 1 is 1.10 bits per heavy atom. The fourth-order valence-electron chi connectivity index (χ4n) is 4.57. The van der Waals surface area contributed by atoms with Crippen LogP contribution in [0.1, 0.15) is 31.4 Å². The summed E-state index contributed by atoms with van der Waals surface area (Å²) in [5.74, 6) is 0.561. The second-order valence-electron chi connectivity index (χ2n) is 8.25. The predicted molar refractivity (Wildman–Crippen MR) is 116 cm³/mol. The van der Waals surface area contributed by atoms with Gasteiger partial charge in [0.25, 0.3) is 0 Å². The number of hydrogen-bond donors (Lipinski definition) is 1. The van der Waals surface area contributed by atoms with Crippen LogP contribution in [0.4, 0.5) is 11.5 Å². The minimum atomic E-state index is -1.06. The SMILES string of the molecule is CC(C)CN1C(=O)[C@]2(CC(=O)Nc3c2cnn3-c2ccc(Cl)cc2)c2ccccc21. The number of benzene rings is 2. The Morgan fingerprint density at radius 3 is 2.57 bits per heavy atom. The molecule has 2 aliphatic heterocycles. The fourth-order valence-corrected chi connectivity index (χ4v) is 4.70. The second kappa shape index (κ2) is 6.71. The monoisotopic (exact) mass is 420 g/mol. The Hall–Kier alpha value is -3.12. The van der Waals surface area contributed by atoms with Crippen molar-refractivity contribution in [3.05, 3.63) is 70.9 Å². The van der Waals surface area contributed by atoms with Crippen LogP contribution in [0.15, 0.2) is 54.7 Å². The van der Waals surface area contributed by atoms with Gasteiger partial charge in [0.1, 0.15) is 11.2 Å². The summed E-state index contributed by atoms with van der Waals surface area (Å²) in [6, 6.07) is 15.0. The summed E-state index contributed by atoms with van der Waals surface area (Å²) in [6.07, 6.45) is 1.77. The Labute approximate surface area is 179 Å². The highest BCUT2D eigenvalue weighted by molar-refractivity contribution is 6.30. The van der Waals surface area contributed by atoms with E-state index >= 15 is 0 Å². The number of anilines is 2. The largest absolute Gasteiger partial charge is 0.311 e. The molecule has 5 rings (SSSR count). The first-order valence-corrected chi connectivity index (χ1v) is 10.4. The van der Waals surface area contributed by atoms with E-state index in [0.29, 0.717) is 23.3 Å². The van der Waals surface area contributed by atoms with Crippen LogP contribution in [0.2, 0.25) is 5.02 Å². The lowest BCUT2D eigenvalue weighted by molar-refractivity contribution is -0.126. The van der Waals surface area contributed by atoms with Crippen molar-refractivity contribution in [2.75, 3.05) is 16.8 Å². The Bertz CT molecular complexity index is 1170. The van der Waals surface area contributed by atoms with E-state index in [1.807, 2.05) is 41.3 Å². The number of nitrogens with zero attached hydrogens (tertiary/aromatic N) is 3. The van der Waals surface area contributed by atoms with Crippen LogP contribution in [0, 0.1) is 5.92 Å². The Kier molecular flexibility index (Phi) is 4.22. The maximum atomic E-state index is 13.9. The van der Waals surface area contributed by atoms with Crippen molar-refractivity contribution in [3.8, 4) is 5.69 Å². The molecule has 3 aromatic rings. The van der Waals surface area contributed by atoms with Crippen molar-refractivity contribution < 1.29 is 9.59 Å². The van der Waals surface area contributed by atoms with Crippen molar-refractivity contribution in [2.24, 2.45) is 5.92 Å². The molecule has 0 radical (unpaired) electrons. The first-order valence-electron chi connectivity index (χ1n) is 9.97. The molecule has 1 atom stereocenters. The van der Waals surface area contributed by atoms with Gasteiger partial charge in [-0.15, -0.1) is 0 Å². The molecule has 2 amide bonds. The summed E-state index contributed by atoms with van der Waals surface area (Å²) in [4.78, 5) is 28.5. The van der Waals surface area contributed by atoms with Crippen LogP contribution in [0.3, 0.4) is 0 Å². The fraction of sp³-hybridized carbons (Fsp3) is 0.261. The normalized spacial score (nSPS) is 19.9. The molecule has 2 aromatic carbocycles. The van der Waals surface area contributed by atoms with Crippen molar-refractivity contribution in [3.63, 3.8) is 0 Å². The molecule has 30 heavy (non-hydrogen) atoms. The number of fused-ring (bicyclic) bond motifs is 4. The lowest BCUT2D eigenvalue weighted by atomic mass is 9.72. The predicted octanol–water partition coefficient (Wildman–Crippen LogP) is 4.16. The number of carbonyl (C=O) groups is 2. The number of halogens is 1. The van der Waals surface area contributed by atoms with E-state index in [1.165, 1.54) is 0 Å². The number of nitrogens with one attached hydrogen (secondary N) is 1. The topological polar surface area (TPSA) is 67.2 Å². The summed E-state index contributed by atoms with van der Waals surface area (Å²) in [7, 11) is 0. The summed E-state index contributed by atoms with van der Waals surface area (Å²) < 4.78 is 1.66. The molecule has 1 aromatic heterocycles. The third kappa shape index (κ3) is 2.60. The summed E-state index contributed by atoms with van der Waals surface area (Å²) in [5, 5.41) is 8.09. The van der Waals surface area contributed by atoms with Crippen LogP contribution < -0.4 is 10.2 Å². The number of para-hydroxylation sites is 1. The van der Waals surface area contributed by atoms with Gasteiger partial charge >= 0.3 is 0 Å². The van der Waals surface area contributed by atoms with Gasteiger partial charge in [-0.3, -0.25) is 9.59 Å². The van der Waals surface area contributed by atoms with Crippen molar-refractivity contribution in [2.45, 2.75) is 25.7 Å². The molecule has 6 nitrogen and oxygen atoms in total. The van der Waals surface area contributed by atoms with Crippen LogP contribution in [0.25, 0.3) is 5.69 Å². The molecular formula is C23H21ClN4O2. The minimum absolute atomic E-state index is 0.0656. The van der Waals surface area contributed by atoms with Crippen molar-refractivity contribution in [1.29, 1.82) is 0 Å². The molecule has 0 unspecified atom stereocenters. The molecule has 1 N–H and O–H groups in total. The Morgan fingerprint density at radius 2 is 1.83 bits per heavy atom. The maximum Gasteiger partial charge on any atom is 0.242 e. The van der Waals surface area contributed by atoms with Gasteiger partial charge in [-0.05, 0) is 41.8 Å². The van der Waals surface area contributed by atoms with Gasteiger partial charge in [-0.2, -0.15) is 5.10 Å². The van der Waals surface area contributed by atoms with E-state index in [2.05, 4.69) is 24.3 Å². The third-order valence-electron chi connectivity index (χ3n) is 5.80. The standard InChI is InChI=1S/C23H21ClN4O2/c1-14(2)13-27-19-6-4-3-5-17(19)23(22(27)30)11-20(29)26-21-18(23)12-25-28(21)16-9-7-15(24)8-10-16/h3-10,12,14H,11,13H2,1-2H3,(H,26,29)/t23-/m1/s1. The second-order valence-corrected chi connectivity index (χ2v) is 8.69. The number of rotatable bonds is 3. The number of aromatic nitrogens is 2. The highest BCUT2D eigenvalue weighted by atomic mass is 35.5. The van der Waals surface area contributed by atoms with Gasteiger partial charge in [-0.1, -0.05) is 43.6 Å². The summed E-state index contributed by atoms with van der Waals surface area (Å²) >= 11 is 6.02. The third-order valence-corrected chi connectivity index (χ3v) is 6.05. The summed E-state index contributed by atoms with van der Waals surface area (Å²) in [5.41, 5.74) is 2.16. The van der Waals surface area contributed by atoms with Gasteiger partial charge in [0.05, 0.1) is 11.9 Å². The molecule has 7 heteroatoms. The van der Waals surface area contributed by atoms with Gasteiger partial charge in [0.15, 0.2) is 0 Å². The molecule has 0 aliphatic carbocycles. The maximum absolute atomic E-state index is 13.9. The molecular weight excluding hydrogens is 400 g/mol. The molecule has 152 valence electrons. The smallest absolute Gasteiger partial charge is 0.242 e. The van der Waals surface area contributed by atoms with E-state index in [-0.39, 0.29) is 18.2 Å². The van der Waals surface area contributed by atoms with Crippen LogP contribution in [-0.4, -0.2) is 28.1 Å². The number of amides is 2. The Balaban J connectivity index is 1.72. The zero-order valence-electron chi connectivity index (χ0n) is 16.7. The number of carbonyl (C=O) groups excluding carboxylic acids is 2. The molecule has 0 saturated carbocycles. The van der Waals surface area contributed by atoms with Crippen molar-refractivity contribution in [1.82, 2.24) is 9.78 Å². The van der Waals surface area contributed by atoms with Crippen LogP contribution in [-0.2, 0) is 15.0 Å². The van der Waals surface area contributed by atoms with E-state index < -0.39 is 5.41 Å². The molecule has 0 bridgehead atoms. The first-order chi connectivity index (χ1) is 14.4. The molecule has 0 saturated heterocycles. The van der Waals surface area contributed by atoms with Crippen LogP contribution in [0.5, 0.6) is 0 Å². The van der Waals surface area contributed by atoms with Crippen LogP contribution >= 0.6 is 11.6 Å². The van der Waals surface area contributed by atoms with Gasteiger partial charge in [0, 0.05) is 29.2 Å². The lowest BCUT2D eigenvalue weighted by Crippen LogP contribution is -2.47. The molecule has 1 spiro atoms. The average Bonchev–Trinajstić information content (AvgIpc) is 3.23. The number of hydrogen-bond acceptors (Lipinski definition) is 3. The molecule has 0 fully saturated rings. The quantitative estimate of drug-likeness (QED) is 0.691. The van der Waals surface area contributed by atoms with E-state index in [4.69, 9.17) is 11.6 Å². The highest BCUT2D eigenvalue weighted by Crippen LogP contribution is 2.52. The zero-order chi connectivity index (χ0) is 21.0. The van der Waals surface area contributed by atoms with Gasteiger partial charge in [0.2, 0.25) is 11.8 Å². The average molecular weight is 421 g/mol. The zero-order valence-corrected chi connectivity index (χ0v) is 17.5.